The molecule has 3 heteroatoms. The highest BCUT2D eigenvalue weighted by Gasteiger charge is 1.85. The first-order valence-electron chi connectivity index (χ1n) is 2.17. The van der Waals surface area contributed by atoms with Crippen LogP contribution in [0.25, 0.3) is 0 Å². The van der Waals surface area contributed by atoms with Crippen molar-refractivity contribution in [3.63, 3.8) is 0 Å². The Morgan fingerprint density at radius 3 is 2.88 bits per heavy atom. The van der Waals surface area contributed by atoms with E-state index in [4.69, 9.17) is 6.42 Å². The lowest BCUT2D eigenvalue weighted by atomic mass is 10.5. The van der Waals surface area contributed by atoms with Crippen LogP contribution in [0.2, 0.25) is 0 Å². The zero-order valence-corrected chi connectivity index (χ0v) is 5.53. The van der Waals surface area contributed by atoms with Gasteiger partial charge in [-0.25, -0.2) is 4.21 Å². The first kappa shape index (κ1) is 7.67. The summed E-state index contributed by atoms with van der Waals surface area (Å²) in [5, 5.41) is 0. The zero-order valence-electron chi connectivity index (χ0n) is 4.72. The molecule has 8 heavy (non-hydrogen) atoms. The standard InChI is InChI=1S/C5H8O2S/c1-3-4-5-7-8(2)6/h1H,4-5H2,2H3. The van der Waals surface area contributed by atoms with Crippen LogP contribution in [0.15, 0.2) is 0 Å². The van der Waals surface area contributed by atoms with Crippen LogP contribution in [-0.4, -0.2) is 17.1 Å². The number of hydrogen-bond acceptors (Lipinski definition) is 2. The summed E-state index contributed by atoms with van der Waals surface area (Å²) in [5.74, 6) is 2.36. The number of terminal acetylenes is 1. The summed E-state index contributed by atoms with van der Waals surface area (Å²) >= 11 is -1.16. The van der Waals surface area contributed by atoms with Crippen LogP contribution in [0.4, 0.5) is 0 Å². The van der Waals surface area contributed by atoms with Crippen LogP contribution in [-0.2, 0) is 15.3 Å². The van der Waals surface area contributed by atoms with Crippen LogP contribution in [0.3, 0.4) is 0 Å². The quantitative estimate of drug-likeness (QED) is 0.408. The Kier molecular flexibility index (Phi) is 4.62. The molecule has 0 aromatic carbocycles. The Balaban J connectivity index is 2.97. The Morgan fingerprint density at radius 1 is 1.88 bits per heavy atom. The van der Waals surface area contributed by atoms with Gasteiger partial charge in [0.2, 0.25) is 0 Å². The molecule has 1 unspecified atom stereocenters. The van der Waals surface area contributed by atoms with Crippen LogP contribution in [0, 0.1) is 12.3 Å². The van der Waals surface area contributed by atoms with Crippen molar-refractivity contribution in [1.82, 2.24) is 0 Å². The maximum Gasteiger partial charge on any atom is 0.152 e. The van der Waals surface area contributed by atoms with Crippen LogP contribution in [0.1, 0.15) is 6.42 Å². The fourth-order valence-corrected chi connectivity index (χ4v) is 0.536. The van der Waals surface area contributed by atoms with E-state index in [9.17, 15) is 4.21 Å². The zero-order chi connectivity index (χ0) is 6.41. The van der Waals surface area contributed by atoms with Gasteiger partial charge in [-0.15, -0.1) is 12.3 Å². The Labute approximate surface area is 51.9 Å². The van der Waals surface area contributed by atoms with E-state index in [0.29, 0.717) is 13.0 Å². The molecule has 2 nitrogen and oxygen atoms in total. The Hall–Kier alpha value is -0.330. The minimum Gasteiger partial charge on any atom is -0.290 e. The summed E-state index contributed by atoms with van der Waals surface area (Å²) in [6.07, 6.45) is 6.88. The summed E-state index contributed by atoms with van der Waals surface area (Å²) in [6, 6.07) is 0. The molecule has 0 aliphatic carbocycles. The van der Waals surface area contributed by atoms with Gasteiger partial charge in [0.05, 0.1) is 6.61 Å². The average molecular weight is 132 g/mol. The van der Waals surface area contributed by atoms with Gasteiger partial charge in [-0.2, -0.15) is 0 Å². The van der Waals surface area contributed by atoms with Crippen molar-refractivity contribution in [2.24, 2.45) is 0 Å². The van der Waals surface area contributed by atoms with E-state index in [0.717, 1.165) is 0 Å². The van der Waals surface area contributed by atoms with Crippen molar-refractivity contribution in [1.29, 1.82) is 0 Å². The van der Waals surface area contributed by atoms with Gasteiger partial charge in [0, 0.05) is 12.7 Å². The molecule has 0 aliphatic heterocycles. The lowest BCUT2D eigenvalue weighted by Gasteiger charge is -1.91. The largest absolute Gasteiger partial charge is 0.290 e. The molecule has 0 N–H and O–H groups in total. The smallest absolute Gasteiger partial charge is 0.152 e. The van der Waals surface area contributed by atoms with E-state index in [1.807, 2.05) is 0 Å². The van der Waals surface area contributed by atoms with Crippen molar-refractivity contribution in [3.8, 4) is 12.3 Å². The summed E-state index contributed by atoms with van der Waals surface area (Å²) in [7, 11) is 0. The lowest BCUT2D eigenvalue weighted by molar-refractivity contribution is 0.361. The minimum absolute atomic E-state index is 0.389. The molecule has 0 aromatic rings. The van der Waals surface area contributed by atoms with E-state index in [-0.39, 0.29) is 0 Å². The number of rotatable bonds is 3. The molecular weight excluding hydrogens is 124 g/mol. The Bertz CT molecular complexity index is 114. The molecule has 0 saturated carbocycles. The van der Waals surface area contributed by atoms with Gasteiger partial charge < -0.3 is 0 Å². The monoisotopic (exact) mass is 132 g/mol. The molecule has 1 atom stereocenters. The maximum absolute atomic E-state index is 10.1. The van der Waals surface area contributed by atoms with E-state index >= 15 is 0 Å². The van der Waals surface area contributed by atoms with E-state index in [1.165, 1.54) is 6.26 Å². The number of hydrogen-bond donors (Lipinski definition) is 0. The van der Waals surface area contributed by atoms with Gasteiger partial charge in [0.1, 0.15) is 0 Å². The van der Waals surface area contributed by atoms with E-state index < -0.39 is 11.1 Å². The molecule has 0 amide bonds. The van der Waals surface area contributed by atoms with Crippen LogP contribution >= 0.6 is 0 Å². The summed E-state index contributed by atoms with van der Waals surface area (Å²) in [5.41, 5.74) is 0. The minimum atomic E-state index is -1.16. The topological polar surface area (TPSA) is 26.3 Å². The van der Waals surface area contributed by atoms with Gasteiger partial charge in [0.15, 0.2) is 11.1 Å². The lowest BCUT2D eigenvalue weighted by Crippen LogP contribution is -1.94. The van der Waals surface area contributed by atoms with Crippen molar-refractivity contribution < 1.29 is 8.39 Å². The molecule has 0 heterocycles. The predicted octanol–water partition coefficient (Wildman–Crippen LogP) is 0.320. The van der Waals surface area contributed by atoms with E-state index in [2.05, 4.69) is 10.1 Å². The molecule has 0 bridgehead atoms. The molecule has 0 fully saturated rings. The third-order valence-corrected chi connectivity index (χ3v) is 0.994. The SMILES string of the molecule is C#CCCOS(C)=O. The van der Waals surface area contributed by atoms with Crippen molar-refractivity contribution >= 4 is 11.1 Å². The van der Waals surface area contributed by atoms with Gasteiger partial charge in [-0.05, 0) is 0 Å². The molecule has 0 rings (SSSR count). The average Bonchev–Trinajstić information content (AvgIpc) is 1.66. The molecule has 0 saturated heterocycles. The first-order chi connectivity index (χ1) is 3.77. The van der Waals surface area contributed by atoms with Crippen molar-refractivity contribution in [3.05, 3.63) is 0 Å². The summed E-state index contributed by atoms with van der Waals surface area (Å²) in [4.78, 5) is 0. The summed E-state index contributed by atoms with van der Waals surface area (Å²) < 4.78 is 14.8. The molecule has 0 spiro atoms. The van der Waals surface area contributed by atoms with Crippen LogP contribution < -0.4 is 0 Å². The van der Waals surface area contributed by atoms with Gasteiger partial charge in [0.25, 0.3) is 0 Å². The third-order valence-electron chi connectivity index (χ3n) is 0.496. The highest BCUT2D eigenvalue weighted by atomic mass is 32.2. The third kappa shape index (κ3) is 5.67. The molecule has 0 radical (unpaired) electrons. The normalized spacial score (nSPS) is 12.5. The fraction of sp³-hybridized carbons (Fsp3) is 0.600. The molecule has 0 aromatic heterocycles. The van der Waals surface area contributed by atoms with Gasteiger partial charge >= 0.3 is 0 Å². The molecule has 46 valence electrons. The van der Waals surface area contributed by atoms with Gasteiger partial charge in [-0.3, -0.25) is 4.18 Å². The second-order valence-corrected chi connectivity index (χ2v) is 2.22. The first-order valence-corrected chi connectivity index (χ1v) is 3.66. The molecule has 0 aliphatic rings. The maximum atomic E-state index is 10.1. The van der Waals surface area contributed by atoms with E-state index in [1.54, 1.807) is 0 Å². The highest BCUT2D eigenvalue weighted by Crippen LogP contribution is 1.81. The van der Waals surface area contributed by atoms with Crippen molar-refractivity contribution in [2.75, 3.05) is 12.9 Å². The predicted molar refractivity (Wildman–Crippen MR) is 33.5 cm³/mol. The van der Waals surface area contributed by atoms with Crippen LogP contribution in [0.5, 0.6) is 0 Å². The summed E-state index contributed by atoms with van der Waals surface area (Å²) in [6.45, 7) is 0.389. The second kappa shape index (κ2) is 4.82. The van der Waals surface area contributed by atoms with Crippen molar-refractivity contribution in [2.45, 2.75) is 6.42 Å². The molecular formula is C5H8O2S. The highest BCUT2D eigenvalue weighted by molar-refractivity contribution is 7.79. The Morgan fingerprint density at radius 2 is 2.50 bits per heavy atom. The second-order valence-electron chi connectivity index (χ2n) is 1.18. The fourth-order valence-electron chi connectivity index (χ4n) is 0.218. The van der Waals surface area contributed by atoms with Gasteiger partial charge in [-0.1, -0.05) is 0 Å².